The normalized spacial score (nSPS) is 13.8. The third-order valence-corrected chi connectivity index (χ3v) is 3.07. The quantitative estimate of drug-likeness (QED) is 0.863. The lowest BCUT2D eigenvalue weighted by molar-refractivity contribution is -0.139. The van der Waals surface area contributed by atoms with E-state index in [4.69, 9.17) is 0 Å². The standard InChI is InChI=1S/C15H22O2/c1-10(2)13(14(16)17)11-6-8-12(9-7-11)15(3,4)5/h6-10,13H,1-5H3,(H,16,17). The molecule has 0 spiro atoms. The van der Waals surface area contributed by atoms with E-state index in [1.807, 2.05) is 38.1 Å². The minimum atomic E-state index is -0.747. The molecule has 0 amide bonds. The summed E-state index contributed by atoms with van der Waals surface area (Å²) >= 11 is 0. The average Bonchev–Trinajstić information content (AvgIpc) is 2.15. The minimum Gasteiger partial charge on any atom is -0.481 e. The van der Waals surface area contributed by atoms with Gasteiger partial charge in [-0.25, -0.2) is 0 Å². The Morgan fingerprint density at radius 3 is 1.88 bits per heavy atom. The number of carboxylic acids is 1. The zero-order valence-electron chi connectivity index (χ0n) is 11.3. The lowest BCUT2D eigenvalue weighted by Crippen LogP contribution is -2.18. The predicted octanol–water partition coefficient (Wildman–Crippen LogP) is 3.81. The molecule has 0 saturated heterocycles. The first kappa shape index (κ1) is 13.8. The molecule has 0 bridgehead atoms. The van der Waals surface area contributed by atoms with Gasteiger partial charge in [0.05, 0.1) is 5.92 Å². The predicted molar refractivity (Wildman–Crippen MR) is 70.4 cm³/mol. The van der Waals surface area contributed by atoms with Crippen LogP contribution < -0.4 is 0 Å². The average molecular weight is 234 g/mol. The molecule has 0 fully saturated rings. The van der Waals surface area contributed by atoms with Gasteiger partial charge in [-0.3, -0.25) is 4.79 Å². The third-order valence-electron chi connectivity index (χ3n) is 3.07. The molecule has 0 aliphatic heterocycles. The molecular formula is C15H22O2. The van der Waals surface area contributed by atoms with Crippen LogP contribution in [0.1, 0.15) is 51.7 Å². The second-order valence-corrected chi connectivity index (χ2v) is 5.93. The number of carbonyl (C=O) groups is 1. The summed E-state index contributed by atoms with van der Waals surface area (Å²) in [5.74, 6) is -1.06. The molecule has 1 N–H and O–H groups in total. The Bertz CT molecular complexity index is 382. The summed E-state index contributed by atoms with van der Waals surface area (Å²) in [4.78, 5) is 11.2. The molecular weight excluding hydrogens is 212 g/mol. The molecule has 0 saturated carbocycles. The summed E-state index contributed by atoms with van der Waals surface area (Å²) in [6.45, 7) is 10.3. The summed E-state index contributed by atoms with van der Waals surface area (Å²) in [7, 11) is 0. The number of benzene rings is 1. The van der Waals surface area contributed by atoms with Gasteiger partial charge >= 0.3 is 5.97 Å². The first-order chi connectivity index (χ1) is 7.73. The van der Waals surface area contributed by atoms with E-state index in [0.29, 0.717) is 0 Å². The smallest absolute Gasteiger partial charge is 0.311 e. The highest BCUT2D eigenvalue weighted by molar-refractivity contribution is 5.76. The van der Waals surface area contributed by atoms with Gasteiger partial charge in [-0.1, -0.05) is 58.9 Å². The van der Waals surface area contributed by atoms with Crippen LogP contribution >= 0.6 is 0 Å². The first-order valence-corrected chi connectivity index (χ1v) is 6.06. The van der Waals surface area contributed by atoms with E-state index in [0.717, 1.165) is 5.56 Å². The fourth-order valence-electron chi connectivity index (χ4n) is 2.00. The highest BCUT2D eigenvalue weighted by atomic mass is 16.4. The Morgan fingerprint density at radius 2 is 1.59 bits per heavy atom. The highest BCUT2D eigenvalue weighted by Crippen LogP contribution is 2.28. The molecule has 2 heteroatoms. The van der Waals surface area contributed by atoms with Crippen molar-refractivity contribution >= 4 is 5.97 Å². The van der Waals surface area contributed by atoms with E-state index in [1.165, 1.54) is 5.56 Å². The minimum absolute atomic E-state index is 0.105. The van der Waals surface area contributed by atoms with Crippen LogP contribution in [0.4, 0.5) is 0 Å². The Balaban J connectivity index is 3.05. The van der Waals surface area contributed by atoms with Crippen molar-refractivity contribution in [1.29, 1.82) is 0 Å². The molecule has 0 aliphatic rings. The van der Waals surface area contributed by atoms with Crippen LogP contribution in [-0.4, -0.2) is 11.1 Å². The van der Waals surface area contributed by atoms with Crippen LogP contribution in [-0.2, 0) is 10.2 Å². The van der Waals surface area contributed by atoms with Crippen molar-refractivity contribution in [3.8, 4) is 0 Å². The molecule has 1 aromatic rings. The van der Waals surface area contributed by atoms with Gasteiger partial charge in [0.25, 0.3) is 0 Å². The molecule has 0 aromatic heterocycles. The zero-order valence-corrected chi connectivity index (χ0v) is 11.3. The Labute approximate surface area is 104 Å². The second-order valence-electron chi connectivity index (χ2n) is 5.93. The van der Waals surface area contributed by atoms with Crippen LogP contribution in [0.25, 0.3) is 0 Å². The molecule has 94 valence electrons. The van der Waals surface area contributed by atoms with E-state index in [2.05, 4.69) is 20.8 Å². The first-order valence-electron chi connectivity index (χ1n) is 6.06. The highest BCUT2D eigenvalue weighted by Gasteiger charge is 2.24. The fourth-order valence-corrected chi connectivity index (χ4v) is 2.00. The fraction of sp³-hybridized carbons (Fsp3) is 0.533. The molecule has 0 heterocycles. The van der Waals surface area contributed by atoms with E-state index in [-0.39, 0.29) is 11.3 Å². The molecule has 1 aromatic carbocycles. The Hall–Kier alpha value is -1.31. The van der Waals surface area contributed by atoms with Crippen molar-refractivity contribution in [2.75, 3.05) is 0 Å². The summed E-state index contributed by atoms with van der Waals surface area (Å²) in [5, 5.41) is 9.23. The Kier molecular flexibility index (Phi) is 3.97. The van der Waals surface area contributed by atoms with Crippen LogP contribution in [0, 0.1) is 5.92 Å². The van der Waals surface area contributed by atoms with Crippen molar-refractivity contribution in [3.05, 3.63) is 35.4 Å². The second kappa shape index (κ2) is 4.91. The van der Waals surface area contributed by atoms with Crippen molar-refractivity contribution in [3.63, 3.8) is 0 Å². The van der Waals surface area contributed by atoms with E-state index in [1.54, 1.807) is 0 Å². The number of aliphatic carboxylic acids is 1. The van der Waals surface area contributed by atoms with E-state index in [9.17, 15) is 9.90 Å². The summed E-state index contributed by atoms with van der Waals surface area (Å²) in [6, 6.07) is 7.96. The van der Waals surface area contributed by atoms with Crippen molar-refractivity contribution in [2.24, 2.45) is 5.92 Å². The lowest BCUT2D eigenvalue weighted by Gasteiger charge is -2.21. The van der Waals surface area contributed by atoms with Crippen LogP contribution in [0.3, 0.4) is 0 Å². The van der Waals surface area contributed by atoms with Crippen LogP contribution in [0.15, 0.2) is 24.3 Å². The molecule has 17 heavy (non-hydrogen) atoms. The van der Waals surface area contributed by atoms with Crippen molar-refractivity contribution < 1.29 is 9.90 Å². The van der Waals surface area contributed by atoms with Crippen molar-refractivity contribution in [2.45, 2.75) is 46.0 Å². The molecule has 0 radical (unpaired) electrons. The number of carboxylic acid groups (broad SMARTS) is 1. The van der Waals surface area contributed by atoms with Gasteiger partial charge in [-0.15, -0.1) is 0 Å². The maximum Gasteiger partial charge on any atom is 0.311 e. The Morgan fingerprint density at radius 1 is 1.12 bits per heavy atom. The number of hydrogen-bond acceptors (Lipinski definition) is 1. The largest absolute Gasteiger partial charge is 0.481 e. The van der Waals surface area contributed by atoms with Gasteiger partial charge in [-0.2, -0.15) is 0 Å². The maximum atomic E-state index is 11.2. The molecule has 2 nitrogen and oxygen atoms in total. The third kappa shape index (κ3) is 3.32. The monoisotopic (exact) mass is 234 g/mol. The maximum absolute atomic E-state index is 11.2. The molecule has 1 unspecified atom stereocenters. The molecule has 1 rings (SSSR count). The van der Waals surface area contributed by atoms with Gasteiger partial charge in [0.15, 0.2) is 0 Å². The van der Waals surface area contributed by atoms with E-state index < -0.39 is 11.9 Å². The van der Waals surface area contributed by atoms with Gasteiger partial charge < -0.3 is 5.11 Å². The van der Waals surface area contributed by atoms with Crippen LogP contribution in [0.5, 0.6) is 0 Å². The summed E-state index contributed by atoms with van der Waals surface area (Å²) in [6.07, 6.45) is 0. The topological polar surface area (TPSA) is 37.3 Å². The zero-order chi connectivity index (χ0) is 13.2. The molecule has 0 aliphatic carbocycles. The summed E-state index contributed by atoms with van der Waals surface area (Å²) in [5.41, 5.74) is 2.23. The number of hydrogen-bond donors (Lipinski definition) is 1. The van der Waals surface area contributed by atoms with E-state index >= 15 is 0 Å². The lowest BCUT2D eigenvalue weighted by atomic mass is 9.83. The van der Waals surface area contributed by atoms with Crippen molar-refractivity contribution in [1.82, 2.24) is 0 Å². The van der Waals surface area contributed by atoms with Gasteiger partial charge in [-0.05, 0) is 22.5 Å². The number of rotatable bonds is 3. The van der Waals surface area contributed by atoms with Crippen LogP contribution in [0.2, 0.25) is 0 Å². The summed E-state index contributed by atoms with van der Waals surface area (Å²) < 4.78 is 0. The SMILES string of the molecule is CC(C)C(C(=O)O)c1ccc(C(C)(C)C)cc1. The van der Waals surface area contributed by atoms with Gasteiger partial charge in [0, 0.05) is 0 Å². The van der Waals surface area contributed by atoms with Gasteiger partial charge in [0.1, 0.15) is 0 Å². The molecule has 1 atom stereocenters. The van der Waals surface area contributed by atoms with Gasteiger partial charge in [0.2, 0.25) is 0 Å².